The van der Waals surface area contributed by atoms with Gasteiger partial charge in [-0.3, -0.25) is 4.79 Å². The van der Waals surface area contributed by atoms with Gasteiger partial charge in [-0.15, -0.1) is 0 Å². The molecule has 17 heavy (non-hydrogen) atoms. The summed E-state index contributed by atoms with van der Waals surface area (Å²) in [5, 5.41) is 0.938. The van der Waals surface area contributed by atoms with Crippen LogP contribution in [0.3, 0.4) is 0 Å². The minimum Gasteiger partial charge on any atom is -0.441 e. The first-order chi connectivity index (χ1) is 8.24. The fourth-order valence-electron chi connectivity index (χ4n) is 1.19. The predicted octanol–water partition coefficient (Wildman–Crippen LogP) is -0.0796. The fraction of sp³-hybridized carbons (Fsp3) is 0.400. The summed E-state index contributed by atoms with van der Waals surface area (Å²) in [6.07, 6.45) is 6.04. The molecule has 0 saturated heterocycles. The van der Waals surface area contributed by atoms with Crippen LogP contribution in [0.15, 0.2) is 18.7 Å². The number of carbonyl (C=O) groups excluding carboxylic acids is 2. The Bertz CT molecular complexity index is 358. The molecule has 7 nitrogen and oxygen atoms in total. The largest absolute Gasteiger partial charge is 0.441 e. The fourth-order valence-corrected chi connectivity index (χ4v) is 1.19. The molecule has 1 aromatic heterocycles. The first-order valence-electron chi connectivity index (χ1n) is 5.10. The van der Waals surface area contributed by atoms with E-state index >= 15 is 0 Å². The number of nitrogens with zero attached hydrogens (tertiary/aromatic N) is 3. The molecule has 7 heteroatoms. The number of carbonyl (C=O) groups is 2. The van der Waals surface area contributed by atoms with E-state index in [0.29, 0.717) is 19.3 Å². The van der Waals surface area contributed by atoms with E-state index in [4.69, 9.17) is 5.84 Å². The van der Waals surface area contributed by atoms with E-state index in [0.717, 1.165) is 17.0 Å². The van der Waals surface area contributed by atoms with Crippen molar-refractivity contribution in [2.24, 2.45) is 5.84 Å². The molecular formula is C10H14N4O3. The molecule has 0 unspecified atom stereocenters. The van der Waals surface area contributed by atoms with Gasteiger partial charge in [0, 0.05) is 18.9 Å². The molecule has 0 aliphatic heterocycles. The van der Waals surface area contributed by atoms with E-state index in [1.807, 2.05) is 0 Å². The van der Waals surface area contributed by atoms with Crippen molar-refractivity contribution in [3.05, 3.63) is 24.3 Å². The highest BCUT2D eigenvalue weighted by molar-refractivity contribution is 5.68. The number of nitrogens with two attached hydrogens (primary N) is 1. The minimum absolute atomic E-state index is 0.279. The van der Waals surface area contributed by atoms with E-state index in [-0.39, 0.29) is 6.61 Å². The second-order valence-electron chi connectivity index (χ2n) is 3.29. The van der Waals surface area contributed by atoms with Crippen LogP contribution in [0.4, 0.5) is 4.79 Å². The van der Waals surface area contributed by atoms with Gasteiger partial charge in [0.05, 0.1) is 0 Å². The van der Waals surface area contributed by atoms with Gasteiger partial charge in [-0.25, -0.2) is 25.6 Å². The van der Waals surface area contributed by atoms with Gasteiger partial charge in [-0.1, -0.05) is 0 Å². The lowest BCUT2D eigenvalue weighted by Gasteiger charge is -2.15. The van der Waals surface area contributed by atoms with Crippen molar-refractivity contribution in [1.82, 2.24) is 15.0 Å². The van der Waals surface area contributed by atoms with E-state index in [1.54, 1.807) is 12.4 Å². The second-order valence-corrected chi connectivity index (χ2v) is 3.29. The predicted molar refractivity (Wildman–Crippen MR) is 58.7 cm³/mol. The summed E-state index contributed by atoms with van der Waals surface area (Å²) in [5.41, 5.74) is 0.974. The number of hydrogen-bond donors (Lipinski definition) is 1. The molecule has 2 N–H and O–H groups in total. The van der Waals surface area contributed by atoms with Crippen molar-refractivity contribution in [3.63, 3.8) is 0 Å². The zero-order chi connectivity index (χ0) is 12.5. The Morgan fingerprint density at radius 2 is 2.18 bits per heavy atom. The molecular weight excluding hydrogens is 224 g/mol. The van der Waals surface area contributed by atoms with Crippen LogP contribution in [0.5, 0.6) is 0 Å². The third kappa shape index (κ3) is 5.03. The summed E-state index contributed by atoms with van der Waals surface area (Å²) < 4.78 is 4.52. The van der Waals surface area contributed by atoms with Gasteiger partial charge in [0.15, 0.2) is 6.29 Å². The van der Waals surface area contributed by atoms with E-state index in [2.05, 4.69) is 14.7 Å². The van der Waals surface area contributed by atoms with Crippen molar-refractivity contribution in [2.75, 3.05) is 13.2 Å². The van der Waals surface area contributed by atoms with Crippen LogP contribution in [-0.2, 0) is 16.0 Å². The second kappa shape index (κ2) is 7.29. The minimum atomic E-state index is -0.707. The molecule has 0 atom stereocenters. The summed E-state index contributed by atoms with van der Waals surface area (Å²) in [6, 6.07) is 0. The zero-order valence-corrected chi connectivity index (χ0v) is 9.28. The van der Waals surface area contributed by atoms with Gasteiger partial charge in [0.1, 0.15) is 12.9 Å². The van der Waals surface area contributed by atoms with Crippen LogP contribution < -0.4 is 5.84 Å². The Hall–Kier alpha value is -2.02. The molecule has 92 valence electrons. The van der Waals surface area contributed by atoms with Crippen LogP contribution in [0.2, 0.25) is 0 Å². The third-order valence-corrected chi connectivity index (χ3v) is 1.99. The summed E-state index contributed by atoms with van der Waals surface area (Å²) in [7, 11) is 0. The third-order valence-electron chi connectivity index (χ3n) is 1.99. The first-order valence-corrected chi connectivity index (χ1v) is 5.10. The molecule has 1 rings (SSSR count). The summed E-state index contributed by atoms with van der Waals surface area (Å²) in [6.45, 7) is 0.0612. The maximum Gasteiger partial charge on any atom is 0.424 e. The lowest BCUT2D eigenvalue weighted by atomic mass is 10.2. The maximum absolute atomic E-state index is 11.1. The van der Waals surface area contributed by atoms with Gasteiger partial charge in [-0.05, 0) is 18.4 Å². The smallest absolute Gasteiger partial charge is 0.424 e. The highest BCUT2D eigenvalue weighted by atomic mass is 16.6. The number of aryl methyl sites for hydroxylation is 1. The molecule has 1 aromatic rings. The van der Waals surface area contributed by atoms with E-state index in [1.165, 1.54) is 6.33 Å². The van der Waals surface area contributed by atoms with Gasteiger partial charge < -0.3 is 4.74 Å². The Morgan fingerprint density at radius 3 is 2.82 bits per heavy atom. The topological polar surface area (TPSA) is 98.4 Å². The van der Waals surface area contributed by atoms with Crippen LogP contribution in [0.25, 0.3) is 0 Å². The van der Waals surface area contributed by atoms with Crippen molar-refractivity contribution in [3.8, 4) is 0 Å². The van der Waals surface area contributed by atoms with Crippen LogP contribution in [0.1, 0.15) is 12.0 Å². The monoisotopic (exact) mass is 238 g/mol. The van der Waals surface area contributed by atoms with Crippen LogP contribution in [-0.4, -0.2) is 40.5 Å². The van der Waals surface area contributed by atoms with Crippen molar-refractivity contribution in [1.29, 1.82) is 0 Å². The van der Waals surface area contributed by atoms with Crippen molar-refractivity contribution < 1.29 is 14.3 Å². The standard InChI is InChI=1S/C10H14N4O3/c11-14(10(16)17-5-4-15)3-1-2-9-6-12-8-13-7-9/h4,6-8H,1-3,5,11H2. The highest BCUT2D eigenvalue weighted by Crippen LogP contribution is 1.99. The summed E-state index contributed by atoms with van der Waals surface area (Å²) in [4.78, 5) is 28.9. The quantitative estimate of drug-likeness (QED) is 0.322. The molecule has 0 saturated carbocycles. The number of rotatable bonds is 6. The van der Waals surface area contributed by atoms with E-state index in [9.17, 15) is 9.59 Å². The lowest BCUT2D eigenvalue weighted by Crippen LogP contribution is -2.39. The molecule has 0 radical (unpaired) electrons. The van der Waals surface area contributed by atoms with E-state index < -0.39 is 6.09 Å². The van der Waals surface area contributed by atoms with Crippen LogP contribution in [0, 0.1) is 0 Å². The Kier molecular flexibility index (Phi) is 5.59. The molecule has 0 aromatic carbocycles. The van der Waals surface area contributed by atoms with Gasteiger partial charge in [-0.2, -0.15) is 0 Å². The molecule has 0 spiro atoms. The number of hydrogen-bond acceptors (Lipinski definition) is 6. The highest BCUT2D eigenvalue weighted by Gasteiger charge is 2.09. The molecule has 0 fully saturated rings. The number of aromatic nitrogens is 2. The normalized spacial score (nSPS) is 9.71. The summed E-state index contributed by atoms with van der Waals surface area (Å²) >= 11 is 0. The average Bonchev–Trinajstić information content (AvgIpc) is 2.37. The Morgan fingerprint density at radius 1 is 1.47 bits per heavy atom. The number of ether oxygens (including phenoxy) is 1. The molecule has 0 aliphatic rings. The number of aldehydes is 1. The van der Waals surface area contributed by atoms with Gasteiger partial charge in [0.2, 0.25) is 0 Å². The number of hydrazine groups is 1. The first kappa shape index (κ1) is 13.0. The molecule has 1 heterocycles. The summed E-state index contributed by atoms with van der Waals surface area (Å²) in [5.74, 6) is 5.43. The lowest BCUT2D eigenvalue weighted by molar-refractivity contribution is -0.110. The number of amides is 1. The molecule has 1 amide bonds. The zero-order valence-electron chi connectivity index (χ0n) is 9.28. The Balaban J connectivity index is 2.22. The van der Waals surface area contributed by atoms with Crippen LogP contribution >= 0.6 is 0 Å². The average molecular weight is 238 g/mol. The van der Waals surface area contributed by atoms with Crippen molar-refractivity contribution >= 4 is 12.4 Å². The van der Waals surface area contributed by atoms with Gasteiger partial charge >= 0.3 is 6.09 Å². The Labute approximate surface area is 98.6 Å². The maximum atomic E-state index is 11.1. The van der Waals surface area contributed by atoms with Crippen molar-refractivity contribution in [2.45, 2.75) is 12.8 Å². The SMILES string of the molecule is NN(CCCc1cncnc1)C(=O)OCC=O. The van der Waals surface area contributed by atoms with Gasteiger partial charge in [0.25, 0.3) is 0 Å². The molecule has 0 aliphatic carbocycles. The molecule has 0 bridgehead atoms.